The zero-order chi connectivity index (χ0) is 20.0. The first-order valence-electron chi connectivity index (χ1n) is 9.46. The average molecular weight is 456 g/mol. The Morgan fingerprint density at radius 2 is 1.97 bits per heavy atom. The zero-order valence-corrected chi connectivity index (χ0v) is 17.1. The second kappa shape index (κ2) is 7.33. The molecular formula is C22H18BrNO5. The lowest BCUT2D eigenvalue weighted by Gasteiger charge is -2.26. The maximum absolute atomic E-state index is 12.9. The van der Waals surface area contributed by atoms with Crippen molar-refractivity contribution < 1.29 is 28.7 Å². The van der Waals surface area contributed by atoms with Gasteiger partial charge in [-0.15, -0.1) is 0 Å². The molecule has 1 aromatic heterocycles. The lowest BCUT2D eigenvalue weighted by molar-refractivity contribution is -0.921. The monoisotopic (exact) mass is 455 g/mol. The van der Waals surface area contributed by atoms with Crippen LogP contribution in [-0.4, -0.2) is 32.1 Å². The van der Waals surface area contributed by atoms with E-state index in [-0.39, 0.29) is 17.3 Å². The van der Waals surface area contributed by atoms with Crippen molar-refractivity contribution >= 4 is 38.8 Å². The van der Waals surface area contributed by atoms with Crippen LogP contribution >= 0.6 is 15.9 Å². The standard InChI is InChI=1S/C22H18BrNO5/c23-14-1-4-19-13(9-14)10-15(28-19)11-20-21(26)16-2-3-18(25)17(22(16)29-20)12-24-5-7-27-8-6-24/h1-4,9-11,25H,5-8,12H2. The molecule has 29 heavy (non-hydrogen) atoms. The summed E-state index contributed by atoms with van der Waals surface area (Å²) in [5.74, 6) is 0.732. The van der Waals surface area contributed by atoms with Crippen molar-refractivity contribution in [2.24, 2.45) is 0 Å². The molecule has 0 atom stereocenters. The van der Waals surface area contributed by atoms with Crippen LogP contribution in [0.2, 0.25) is 0 Å². The van der Waals surface area contributed by atoms with E-state index < -0.39 is 0 Å². The quantitative estimate of drug-likeness (QED) is 0.613. The van der Waals surface area contributed by atoms with E-state index >= 15 is 0 Å². The summed E-state index contributed by atoms with van der Waals surface area (Å²) in [7, 11) is 0. The molecule has 0 unspecified atom stereocenters. The summed E-state index contributed by atoms with van der Waals surface area (Å²) in [5.41, 5.74) is 1.70. The van der Waals surface area contributed by atoms with Crippen LogP contribution in [0.1, 0.15) is 21.7 Å². The number of carbonyl (C=O) groups is 1. The minimum Gasteiger partial charge on any atom is -0.872 e. The Morgan fingerprint density at radius 1 is 1.14 bits per heavy atom. The zero-order valence-electron chi connectivity index (χ0n) is 15.5. The van der Waals surface area contributed by atoms with Crippen molar-refractivity contribution in [1.82, 2.24) is 0 Å². The minimum absolute atomic E-state index is 0.106. The van der Waals surface area contributed by atoms with E-state index in [1.54, 1.807) is 12.1 Å². The highest BCUT2D eigenvalue weighted by Gasteiger charge is 2.31. The molecule has 0 spiro atoms. The third-order valence-electron chi connectivity index (χ3n) is 5.30. The lowest BCUT2D eigenvalue weighted by atomic mass is 10.0. The van der Waals surface area contributed by atoms with Crippen molar-refractivity contribution in [3.8, 4) is 11.5 Å². The first kappa shape index (κ1) is 18.4. The van der Waals surface area contributed by atoms with Crippen LogP contribution in [0.25, 0.3) is 17.0 Å². The van der Waals surface area contributed by atoms with E-state index in [0.29, 0.717) is 42.4 Å². The minimum atomic E-state index is -0.236. The summed E-state index contributed by atoms with van der Waals surface area (Å²) in [4.78, 5) is 14.1. The first-order valence-corrected chi connectivity index (χ1v) is 10.3. The van der Waals surface area contributed by atoms with Crippen LogP contribution in [-0.2, 0) is 11.3 Å². The number of benzene rings is 2. The van der Waals surface area contributed by atoms with Crippen molar-refractivity contribution in [2.45, 2.75) is 6.54 Å². The molecule has 3 aromatic rings. The molecule has 2 aromatic carbocycles. The van der Waals surface area contributed by atoms with Crippen molar-refractivity contribution in [1.29, 1.82) is 0 Å². The van der Waals surface area contributed by atoms with Crippen LogP contribution in [0.5, 0.6) is 11.5 Å². The molecule has 0 bridgehead atoms. The molecule has 1 saturated heterocycles. The van der Waals surface area contributed by atoms with Gasteiger partial charge in [0, 0.05) is 21.5 Å². The number of nitrogens with one attached hydrogen (secondary N) is 1. The predicted octanol–water partition coefficient (Wildman–Crippen LogP) is 2.30. The molecule has 0 aliphatic carbocycles. The number of allylic oxidation sites excluding steroid dienone is 1. The fourth-order valence-corrected chi connectivity index (χ4v) is 4.16. The molecule has 6 nitrogen and oxygen atoms in total. The second-order valence-electron chi connectivity index (χ2n) is 7.23. The van der Waals surface area contributed by atoms with E-state index in [2.05, 4.69) is 15.9 Å². The van der Waals surface area contributed by atoms with E-state index in [9.17, 15) is 9.90 Å². The molecule has 0 amide bonds. The fraction of sp³-hybridized carbons (Fsp3) is 0.227. The number of hydrogen-bond acceptors (Lipinski definition) is 5. The van der Waals surface area contributed by atoms with Crippen LogP contribution in [0.4, 0.5) is 0 Å². The van der Waals surface area contributed by atoms with Crippen molar-refractivity contribution in [3.05, 3.63) is 63.5 Å². The van der Waals surface area contributed by atoms with E-state index in [1.165, 1.54) is 11.0 Å². The van der Waals surface area contributed by atoms with Crippen molar-refractivity contribution in [2.75, 3.05) is 26.3 Å². The Bertz CT molecular complexity index is 1140. The fourth-order valence-electron chi connectivity index (χ4n) is 3.78. The van der Waals surface area contributed by atoms with Crippen LogP contribution < -0.4 is 14.7 Å². The van der Waals surface area contributed by atoms with E-state index in [4.69, 9.17) is 13.9 Å². The van der Waals surface area contributed by atoms with Crippen molar-refractivity contribution in [3.63, 3.8) is 0 Å². The number of fused-ring (bicyclic) bond motifs is 2. The van der Waals surface area contributed by atoms with Gasteiger partial charge >= 0.3 is 0 Å². The molecule has 7 heteroatoms. The molecule has 0 radical (unpaired) electrons. The second-order valence-corrected chi connectivity index (χ2v) is 8.14. The smallest absolute Gasteiger partial charge is 0.232 e. The molecule has 1 fully saturated rings. The highest BCUT2D eigenvalue weighted by atomic mass is 79.9. The Balaban J connectivity index is 1.47. The summed E-state index contributed by atoms with van der Waals surface area (Å²) >= 11 is 3.44. The SMILES string of the molecule is O=C1C(=Cc2cc3cc(Br)ccc3o2)Oc2c1ccc([O-])c2C[NH+]1CCOCC1. The highest BCUT2D eigenvalue weighted by Crippen LogP contribution is 2.38. The van der Waals surface area contributed by atoms with Crippen LogP contribution in [0.3, 0.4) is 0 Å². The number of ether oxygens (including phenoxy) is 2. The molecule has 2 aliphatic rings. The van der Waals surface area contributed by atoms with E-state index in [1.807, 2.05) is 24.3 Å². The number of morpholine rings is 1. The Morgan fingerprint density at radius 3 is 2.79 bits per heavy atom. The van der Waals surface area contributed by atoms with Gasteiger partial charge in [0.25, 0.3) is 0 Å². The Kier molecular flexibility index (Phi) is 4.66. The number of Topliss-reactive ketones (excluding diaryl/α,β-unsaturated/α-hetero) is 1. The number of halogens is 1. The molecule has 148 valence electrons. The number of rotatable bonds is 3. The van der Waals surface area contributed by atoms with Crippen LogP contribution in [0, 0.1) is 0 Å². The highest BCUT2D eigenvalue weighted by molar-refractivity contribution is 9.10. The third-order valence-corrected chi connectivity index (χ3v) is 5.79. The lowest BCUT2D eigenvalue weighted by Crippen LogP contribution is -3.12. The van der Waals surface area contributed by atoms with Crippen LogP contribution in [0.15, 0.2) is 51.0 Å². The molecule has 3 heterocycles. The van der Waals surface area contributed by atoms with E-state index in [0.717, 1.165) is 28.5 Å². The first-order chi connectivity index (χ1) is 14.1. The number of furan rings is 1. The average Bonchev–Trinajstić information content (AvgIpc) is 3.25. The molecule has 0 saturated carbocycles. The predicted molar refractivity (Wildman–Crippen MR) is 108 cm³/mol. The normalized spacial score (nSPS) is 18.4. The summed E-state index contributed by atoms with van der Waals surface area (Å²) in [6.07, 6.45) is 1.59. The molecule has 2 aliphatic heterocycles. The number of hydrogen-bond donors (Lipinski definition) is 1. The molecule has 1 N–H and O–H groups in total. The Hall–Kier alpha value is -2.61. The summed E-state index contributed by atoms with van der Waals surface area (Å²) in [5, 5.41) is 13.4. The molecule has 5 rings (SSSR count). The molecular weight excluding hydrogens is 438 g/mol. The summed E-state index contributed by atoms with van der Waals surface area (Å²) < 4.78 is 18.0. The topological polar surface area (TPSA) is 76.2 Å². The maximum Gasteiger partial charge on any atom is 0.232 e. The number of ketones is 1. The maximum atomic E-state index is 12.9. The largest absolute Gasteiger partial charge is 0.872 e. The van der Waals surface area contributed by atoms with Gasteiger partial charge in [0.1, 0.15) is 36.7 Å². The van der Waals surface area contributed by atoms with Gasteiger partial charge in [-0.1, -0.05) is 27.7 Å². The van der Waals surface area contributed by atoms with Gasteiger partial charge in [-0.05, 0) is 30.3 Å². The van der Waals surface area contributed by atoms with Gasteiger partial charge in [-0.2, -0.15) is 0 Å². The van der Waals surface area contributed by atoms with Gasteiger partial charge in [0.2, 0.25) is 5.78 Å². The van der Waals surface area contributed by atoms with Gasteiger partial charge in [-0.25, -0.2) is 0 Å². The summed E-state index contributed by atoms with van der Waals surface area (Å²) in [6.45, 7) is 3.52. The Labute approximate surface area is 175 Å². The number of carbonyl (C=O) groups excluding carboxylic acids is 1. The summed E-state index contributed by atoms with van der Waals surface area (Å²) in [6, 6.07) is 10.6. The van der Waals surface area contributed by atoms with Gasteiger partial charge in [0.15, 0.2) is 5.76 Å². The third kappa shape index (κ3) is 3.46. The van der Waals surface area contributed by atoms with Gasteiger partial charge < -0.3 is 23.9 Å². The van der Waals surface area contributed by atoms with Gasteiger partial charge in [-0.3, -0.25) is 4.79 Å². The number of quaternary nitrogens is 1. The van der Waals surface area contributed by atoms with Gasteiger partial charge in [0.05, 0.1) is 18.8 Å².